The fourth-order valence-electron chi connectivity index (χ4n) is 2.00. The van der Waals surface area contributed by atoms with Crippen LogP contribution < -0.4 is 5.73 Å². The number of amides is 2. The number of halogens is 1. The molecule has 2 amide bonds. The molecule has 0 aromatic carbocycles. The quantitative estimate of drug-likeness (QED) is 0.843. The Labute approximate surface area is 121 Å². The van der Waals surface area contributed by atoms with Gasteiger partial charge in [0.05, 0.1) is 5.57 Å². The van der Waals surface area contributed by atoms with Crippen LogP contribution in [-0.4, -0.2) is 34.0 Å². The third-order valence-electron chi connectivity index (χ3n) is 3.53. The molecule has 7 heteroatoms. The number of carbonyl (C=O) groups excluding carboxylic acids is 2. The molecule has 0 radical (unpaired) electrons. The van der Waals surface area contributed by atoms with Gasteiger partial charge in [-0.2, -0.15) is 4.39 Å². The zero-order valence-electron chi connectivity index (χ0n) is 12.0. The molecule has 2 heterocycles. The van der Waals surface area contributed by atoms with Gasteiger partial charge < -0.3 is 10.5 Å². The van der Waals surface area contributed by atoms with Gasteiger partial charge in [0.1, 0.15) is 11.3 Å². The first-order chi connectivity index (χ1) is 9.76. The van der Waals surface area contributed by atoms with Crippen LogP contribution in [0.1, 0.15) is 26.3 Å². The van der Waals surface area contributed by atoms with E-state index in [1.165, 1.54) is 37.1 Å². The summed E-state index contributed by atoms with van der Waals surface area (Å²) in [5.41, 5.74) is 4.15. The van der Waals surface area contributed by atoms with Crippen LogP contribution in [0, 0.1) is 5.95 Å². The zero-order chi connectivity index (χ0) is 15.8. The Balaban J connectivity index is 2.50. The first kappa shape index (κ1) is 15.0. The number of allylic oxidation sites excluding steroid dienone is 1. The van der Waals surface area contributed by atoms with Crippen molar-refractivity contribution in [1.82, 2.24) is 9.88 Å². The summed E-state index contributed by atoms with van der Waals surface area (Å²) < 4.78 is 19.2. The fourth-order valence-corrected chi connectivity index (χ4v) is 2.00. The highest BCUT2D eigenvalue weighted by Crippen LogP contribution is 2.30. The first-order valence-corrected chi connectivity index (χ1v) is 6.33. The fraction of sp³-hybridized carbons (Fsp3) is 0.357. The molecule has 1 aliphatic rings. The highest BCUT2D eigenvalue weighted by molar-refractivity contribution is 6.21. The number of hydrogen-bond donors (Lipinski definition) is 1. The van der Waals surface area contributed by atoms with Gasteiger partial charge in [0.2, 0.25) is 11.9 Å². The van der Waals surface area contributed by atoms with Gasteiger partial charge in [-0.1, -0.05) is 0 Å². The minimum Gasteiger partial charge on any atom is -0.477 e. The number of aromatic nitrogens is 1. The summed E-state index contributed by atoms with van der Waals surface area (Å²) in [6.07, 6.45) is 1.29. The molecule has 1 aliphatic heterocycles. The Morgan fingerprint density at radius 2 is 2.19 bits per heavy atom. The average Bonchev–Trinajstić information content (AvgIpc) is 2.40. The number of hydrogen-bond acceptors (Lipinski definition) is 4. The standard InChI is InChI=1S/C14H16FN3O3/c1-8-10(9-5-4-6-17-11(9)15)12(19)18(7-21-8)14(2,3)13(16)20/h4-6H,7H2,1-3H3,(H2,16,20). The number of nitrogens with two attached hydrogens (primary N) is 1. The van der Waals surface area contributed by atoms with Crippen molar-refractivity contribution in [1.29, 1.82) is 0 Å². The number of primary amides is 1. The smallest absolute Gasteiger partial charge is 0.261 e. The Morgan fingerprint density at radius 1 is 1.52 bits per heavy atom. The van der Waals surface area contributed by atoms with Gasteiger partial charge >= 0.3 is 0 Å². The minimum atomic E-state index is -1.25. The molecule has 2 N–H and O–H groups in total. The van der Waals surface area contributed by atoms with Gasteiger partial charge in [-0.15, -0.1) is 0 Å². The Morgan fingerprint density at radius 3 is 2.76 bits per heavy atom. The van der Waals surface area contributed by atoms with Crippen LogP contribution in [-0.2, 0) is 14.3 Å². The lowest BCUT2D eigenvalue weighted by molar-refractivity contribution is -0.148. The summed E-state index contributed by atoms with van der Waals surface area (Å²) in [5, 5.41) is 0. The predicted octanol–water partition coefficient (Wildman–Crippen LogP) is 1.03. The lowest BCUT2D eigenvalue weighted by atomic mass is 9.97. The monoisotopic (exact) mass is 293 g/mol. The molecule has 112 valence electrons. The SMILES string of the molecule is CC1=C(c2cccnc2F)C(=O)N(C(C)(C)C(N)=O)CO1. The van der Waals surface area contributed by atoms with Crippen molar-refractivity contribution in [3.05, 3.63) is 35.6 Å². The van der Waals surface area contributed by atoms with E-state index in [0.717, 1.165) is 0 Å². The maximum atomic E-state index is 13.8. The molecule has 0 atom stereocenters. The summed E-state index contributed by atoms with van der Waals surface area (Å²) in [5.74, 6) is -1.69. The number of ether oxygens (including phenoxy) is 1. The van der Waals surface area contributed by atoms with Crippen LogP contribution in [0.5, 0.6) is 0 Å². The van der Waals surface area contributed by atoms with Crippen molar-refractivity contribution >= 4 is 17.4 Å². The van der Waals surface area contributed by atoms with Crippen molar-refractivity contribution in [2.24, 2.45) is 5.73 Å². The summed E-state index contributed by atoms with van der Waals surface area (Å²) in [7, 11) is 0. The molecule has 6 nitrogen and oxygen atoms in total. The number of pyridine rings is 1. The van der Waals surface area contributed by atoms with Crippen LogP contribution in [0.2, 0.25) is 0 Å². The molecule has 0 saturated carbocycles. The van der Waals surface area contributed by atoms with Crippen LogP contribution in [0.15, 0.2) is 24.1 Å². The second kappa shape index (κ2) is 5.16. The second-order valence-electron chi connectivity index (χ2n) is 5.20. The Kier molecular flexibility index (Phi) is 3.67. The summed E-state index contributed by atoms with van der Waals surface area (Å²) in [6.45, 7) is 4.46. The van der Waals surface area contributed by atoms with E-state index in [4.69, 9.17) is 10.5 Å². The third kappa shape index (κ3) is 2.46. The Bertz CT molecular complexity index is 640. The van der Waals surface area contributed by atoms with E-state index in [2.05, 4.69) is 4.98 Å². The first-order valence-electron chi connectivity index (χ1n) is 6.33. The molecule has 0 fully saturated rings. The van der Waals surface area contributed by atoms with Crippen molar-refractivity contribution in [3.8, 4) is 0 Å². The van der Waals surface area contributed by atoms with E-state index in [1.807, 2.05) is 0 Å². The molecule has 1 aromatic rings. The molecule has 0 saturated heterocycles. The lowest BCUT2D eigenvalue weighted by Gasteiger charge is -2.39. The van der Waals surface area contributed by atoms with E-state index >= 15 is 0 Å². The number of rotatable bonds is 3. The van der Waals surface area contributed by atoms with Crippen LogP contribution in [0.3, 0.4) is 0 Å². The molecule has 1 aromatic heterocycles. The second-order valence-corrected chi connectivity index (χ2v) is 5.20. The summed E-state index contributed by atoms with van der Waals surface area (Å²) >= 11 is 0. The van der Waals surface area contributed by atoms with Gasteiger partial charge in [0.25, 0.3) is 5.91 Å². The largest absolute Gasteiger partial charge is 0.477 e. The molecule has 0 bridgehead atoms. The molecular formula is C14H16FN3O3. The third-order valence-corrected chi connectivity index (χ3v) is 3.53. The normalized spacial score (nSPS) is 16.0. The minimum absolute atomic E-state index is 0.0324. The van der Waals surface area contributed by atoms with Crippen molar-refractivity contribution < 1.29 is 18.7 Å². The Hall–Kier alpha value is -2.44. The average molecular weight is 293 g/mol. The lowest BCUT2D eigenvalue weighted by Crippen LogP contribution is -2.57. The summed E-state index contributed by atoms with van der Waals surface area (Å²) in [4.78, 5) is 28.9. The topological polar surface area (TPSA) is 85.5 Å². The molecule has 2 rings (SSSR count). The van der Waals surface area contributed by atoms with Crippen LogP contribution in [0.4, 0.5) is 4.39 Å². The predicted molar refractivity (Wildman–Crippen MR) is 72.9 cm³/mol. The highest BCUT2D eigenvalue weighted by atomic mass is 19.1. The summed E-state index contributed by atoms with van der Waals surface area (Å²) in [6, 6.07) is 2.95. The van der Waals surface area contributed by atoms with E-state index in [0.29, 0.717) is 0 Å². The van der Waals surface area contributed by atoms with E-state index in [1.54, 1.807) is 6.92 Å². The van der Waals surface area contributed by atoms with E-state index in [9.17, 15) is 14.0 Å². The van der Waals surface area contributed by atoms with Gasteiger partial charge in [-0.05, 0) is 32.9 Å². The number of nitrogens with zero attached hydrogens (tertiary/aromatic N) is 2. The van der Waals surface area contributed by atoms with Crippen molar-refractivity contribution in [2.45, 2.75) is 26.3 Å². The molecule has 0 unspecified atom stereocenters. The van der Waals surface area contributed by atoms with Gasteiger partial charge in [-0.25, -0.2) is 4.98 Å². The van der Waals surface area contributed by atoms with Crippen molar-refractivity contribution in [2.75, 3.05) is 6.73 Å². The van der Waals surface area contributed by atoms with Crippen LogP contribution in [0.25, 0.3) is 5.57 Å². The van der Waals surface area contributed by atoms with Crippen LogP contribution >= 0.6 is 0 Å². The molecule has 0 aliphatic carbocycles. The maximum Gasteiger partial charge on any atom is 0.261 e. The number of carbonyl (C=O) groups is 2. The van der Waals surface area contributed by atoms with E-state index in [-0.39, 0.29) is 23.6 Å². The zero-order valence-corrected chi connectivity index (χ0v) is 12.0. The van der Waals surface area contributed by atoms with Crippen molar-refractivity contribution in [3.63, 3.8) is 0 Å². The van der Waals surface area contributed by atoms with Gasteiger partial charge in [0, 0.05) is 11.8 Å². The maximum absolute atomic E-state index is 13.8. The van der Waals surface area contributed by atoms with E-state index < -0.39 is 23.3 Å². The molecular weight excluding hydrogens is 277 g/mol. The molecule has 21 heavy (non-hydrogen) atoms. The van der Waals surface area contributed by atoms with Gasteiger partial charge in [-0.3, -0.25) is 14.5 Å². The highest BCUT2D eigenvalue weighted by Gasteiger charge is 2.41. The molecule has 0 spiro atoms. The van der Waals surface area contributed by atoms with Gasteiger partial charge in [0.15, 0.2) is 6.73 Å².